The van der Waals surface area contributed by atoms with Crippen LogP contribution in [0.15, 0.2) is 24.3 Å². The molecule has 0 aliphatic carbocycles. The zero-order chi connectivity index (χ0) is 14.3. The maximum atomic E-state index is 10.7. The second kappa shape index (κ2) is 8.25. The molecule has 6 heteroatoms. The van der Waals surface area contributed by atoms with Crippen molar-refractivity contribution in [2.45, 2.75) is 12.5 Å². The van der Waals surface area contributed by atoms with Crippen LogP contribution in [-0.4, -0.2) is 35.9 Å². The molecular weight excluding hydrogens is 287 g/mol. The largest absolute Gasteiger partial charge is 0.481 e. The number of hydrogen-bond donors (Lipinski definition) is 2. The molecule has 0 radical (unpaired) electrons. The van der Waals surface area contributed by atoms with E-state index in [9.17, 15) is 4.79 Å². The van der Waals surface area contributed by atoms with E-state index < -0.39 is 12.0 Å². The molecule has 4 nitrogen and oxygen atoms in total. The van der Waals surface area contributed by atoms with Crippen molar-refractivity contribution in [3.05, 3.63) is 29.8 Å². The Kier molecular flexibility index (Phi) is 6.99. The Morgan fingerprint density at radius 3 is 2.47 bits per heavy atom. The number of halogens is 2. The lowest BCUT2D eigenvalue weighted by atomic mass is 10.0. The molecule has 1 aromatic rings. The van der Waals surface area contributed by atoms with Crippen LogP contribution in [0.1, 0.15) is 18.0 Å². The molecule has 0 aliphatic heterocycles. The standard InChI is InChI=1S/C13H18Cl2N2O2/c14-4-6-17(7-5-15)11-3-1-2-10(8-11)12(16)9-13(18)19/h1-3,8,12H,4-7,9,16H2,(H,18,19)/t12-/m1/s1. The van der Waals surface area contributed by atoms with Crippen molar-refractivity contribution in [1.29, 1.82) is 0 Å². The van der Waals surface area contributed by atoms with Crippen LogP contribution < -0.4 is 10.6 Å². The Hall–Kier alpha value is -0.970. The number of aliphatic carboxylic acids is 1. The summed E-state index contributed by atoms with van der Waals surface area (Å²) in [4.78, 5) is 12.7. The highest BCUT2D eigenvalue weighted by molar-refractivity contribution is 6.18. The molecule has 0 saturated heterocycles. The van der Waals surface area contributed by atoms with Gasteiger partial charge < -0.3 is 15.7 Å². The number of carbonyl (C=O) groups is 1. The molecule has 0 aliphatic rings. The third kappa shape index (κ3) is 5.27. The van der Waals surface area contributed by atoms with Gasteiger partial charge in [-0.25, -0.2) is 0 Å². The van der Waals surface area contributed by atoms with Gasteiger partial charge in [0.1, 0.15) is 0 Å². The average Bonchev–Trinajstić information content (AvgIpc) is 2.38. The lowest BCUT2D eigenvalue weighted by molar-refractivity contribution is -0.137. The molecule has 0 spiro atoms. The highest BCUT2D eigenvalue weighted by Gasteiger charge is 2.12. The molecule has 0 amide bonds. The minimum absolute atomic E-state index is 0.0888. The summed E-state index contributed by atoms with van der Waals surface area (Å²) in [6.45, 7) is 1.37. The van der Waals surface area contributed by atoms with Crippen LogP contribution in [0.2, 0.25) is 0 Å². The van der Waals surface area contributed by atoms with Gasteiger partial charge in [-0.05, 0) is 17.7 Å². The highest BCUT2D eigenvalue weighted by Crippen LogP contribution is 2.21. The van der Waals surface area contributed by atoms with Crippen molar-refractivity contribution in [3.8, 4) is 0 Å². The summed E-state index contributed by atoms with van der Waals surface area (Å²) in [5.41, 5.74) is 7.62. The van der Waals surface area contributed by atoms with Crippen LogP contribution in [0.5, 0.6) is 0 Å². The highest BCUT2D eigenvalue weighted by atomic mass is 35.5. The van der Waals surface area contributed by atoms with Gasteiger partial charge in [0.15, 0.2) is 0 Å². The summed E-state index contributed by atoms with van der Waals surface area (Å²) in [7, 11) is 0. The first-order valence-corrected chi connectivity index (χ1v) is 7.09. The summed E-state index contributed by atoms with van der Waals surface area (Å²) in [6, 6.07) is 7.02. The number of hydrogen-bond acceptors (Lipinski definition) is 3. The quantitative estimate of drug-likeness (QED) is 0.724. The summed E-state index contributed by atoms with van der Waals surface area (Å²) in [5, 5.41) is 8.77. The fraction of sp³-hybridized carbons (Fsp3) is 0.462. The molecule has 0 saturated carbocycles. The molecule has 3 N–H and O–H groups in total. The lowest BCUT2D eigenvalue weighted by Gasteiger charge is -2.24. The average molecular weight is 305 g/mol. The van der Waals surface area contributed by atoms with Crippen molar-refractivity contribution >= 4 is 34.9 Å². The van der Waals surface area contributed by atoms with E-state index in [0.29, 0.717) is 24.8 Å². The zero-order valence-corrected chi connectivity index (χ0v) is 12.1. The van der Waals surface area contributed by atoms with Crippen molar-refractivity contribution in [2.24, 2.45) is 5.73 Å². The molecular formula is C13H18Cl2N2O2. The first-order chi connectivity index (χ1) is 9.08. The van der Waals surface area contributed by atoms with Crippen LogP contribution >= 0.6 is 23.2 Å². The first kappa shape index (κ1) is 16.1. The van der Waals surface area contributed by atoms with Crippen LogP contribution in [0.4, 0.5) is 5.69 Å². The Morgan fingerprint density at radius 1 is 1.32 bits per heavy atom. The SMILES string of the molecule is N[C@H](CC(=O)O)c1cccc(N(CCCl)CCCl)c1. The fourth-order valence-electron chi connectivity index (χ4n) is 1.83. The predicted octanol–water partition coefficient (Wildman–Crippen LogP) is 2.45. The van der Waals surface area contributed by atoms with Gasteiger partial charge in [-0.2, -0.15) is 0 Å². The molecule has 0 unspecified atom stereocenters. The normalized spacial score (nSPS) is 12.2. The molecule has 1 rings (SSSR count). The van der Waals surface area contributed by atoms with Gasteiger partial charge in [-0.15, -0.1) is 23.2 Å². The van der Waals surface area contributed by atoms with Crippen molar-refractivity contribution in [2.75, 3.05) is 29.7 Å². The van der Waals surface area contributed by atoms with Crippen LogP contribution in [-0.2, 0) is 4.79 Å². The molecule has 19 heavy (non-hydrogen) atoms. The molecule has 1 atom stereocenters. The molecule has 0 heterocycles. The molecule has 0 bridgehead atoms. The molecule has 0 aromatic heterocycles. The van der Waals surface area contributed by atoms with Gasteiger partial charge in [0.2, 0.25) is 0 Å². The molecule has 1 aromatic carbocycles. The van der Waals surface area contributed by atoms with E-state index >= 15 is 0 Å². The Morgan fingerprint density at radius 2 is 1.95 bits per heavy atom. The second-order valence-corrected chi connectivity index (χ2v) is 4.92. The van der Waals surface area contributed by atoms with E-state index in [1.165, 1.54) is 0 Å². The monoisotopic (exact) mass is 304 g/mol. The minimum atomic E-state index is -0.906. The number of rotatable bonds is 8. The first-order valence-electron chi connectivity index (χ1n) is 6.02. The topological polar surface area (TPSA) is 66.6 Å². The van der Waals surface area contributed by atoms with E-state index in [0.717, 1.165) is 11.3 Å². The lowest BCUT2D eigenvalue weighted by Crippen LogP contribution is -2.27. The minimum Gasteiger partial charge on any atom is -0.481 e. The zero-order valence-electron chi connectivity index (χ0n) is 10.6. The Balaban J connectivity index is 2.87. The fourth-order valence-corrected chi connectivity index (χ4v) is 2.24. The van der Waals surface area contributed by atoms with Crippen LogP contribution in [0, 0.1) is 0 Å². The number of anilines is 1. The smallest absolute Gasteiger partial charge is 0.305 e. The van der Waals surface area contributed by atoms with E-state index in [2.05, 4.69) is 4.90 Å². The number of benzene rings is 1. The van der Waals surface area contributed by atoms with Gasteiger partial charge in [0, 0.05) is 36.6 Å². The Bertz CT molecular complexity index is 409. The van der Waals surface area contributed by atoms with E-state index in [1.807, 2.05) is 24.3 Å². The third-order valence-corrected chi connectivity index (χ3v) is 3.10. The van der Waals surface area contributed by atoms with Gasteiger partial charge in [0.05, 0.1) is 6.42 Å². The Labute approximate surface area is 123 Å². The van der Waals surface area contributed by atoms with Crippen LogP contribution in [0.3, 0.4) is 0 Å². The maximum Gasteiger partial charge on any atom is 0.305 e. The van der Waals surface area contributed by atoms with Crippen LogP contribution in [0.25, 0.3) is 0 Å². The van der Waals surface area contributed by atoms with Gasteiger partial charge in [-0.1, -0.05) is 12.1 Å². The van der Waals surface area contributed by atoms with E-state index in [-0.39, 0.29) is 6.42 Å². The van der Waals surface area contributed by atoms with Crippen molar-refractivity contribution < 1.29 is 9.90 Å². The summed E-state index contributed by atoms with van der Waals surface area (Å²) in [5.74, 6) is 0.0983. The molecule has 0 fully saturated rings. The summed E-state index contributed by atoms with van der Waals surface area (Å²) >= 11 is 11.5. The van der Waals surface area contributed by atoms with E-state index in [4.69, 9.17) is 34.0 Å². The van der Waals surface area contributed by atoms with E-state index in [1.54, 1.807) is 0 Å². The number of alkyl halides is 2. The summed E-state index contributed by atoms with van der Waals surface area (Å²) in [6.07, 6.45) is -0.0888. The van der Waals surface area contributed by atoms with Gasteiger partial charge >= 0.3 is 5.97 Å². The van der Waals surface area contributed by atoms with Gasteiger partial charge in [-0.3, -0.25) is 4.79 Å². The summed E-state index contributed by atoms with van der Waals surface area (Å²) < 4.78 is 0. The maximum absolute atomic E-state index is 10.7. The predicted molar refractivity (Wildman–Crippen MR) is 79.3 cm³/mol. The second-order valence-electron chi connectivity index (χ2n) is 4.16. The molecule has 106 valence electrons. The number of nitrogens with zero attached hydrogens (tertiary/aromatic N) is 1. The number of nitrogens with two attached hydrogens (primary N) is 1. The van der Waals surface area contributed by atoms with Gasteiger partial charge in [0.25, 0.3) is 0 Å². The van der Waals surface area contributed by atoms with Crippen molar-refractivity contribution in [1.82, 2.24) is 0 Å². The number of carboxylic acid groups (broad SMARTS) is 1. The third-order valence-electron chi connectivity index (χ3n) is 2.77. The van der Waals surface area contributed by atoms with Crippen molar-refractivity contribution in [3.63, 3.8) is 0 Å². The number of carboxylic acids is 1.